The van der Waals surface area contributed by atoms with Crippen LogP contribution in [0.2, 0.25) is 0 Å². The third-order valence-electron chi connectivity index (χ3n) is 4.11. The maximum atomic E-state index is 10.9. The second kappa shape index (κ2) is 5.76. The molecule has 0 saturated heterocycles. The maximum Gasteiger partial charge on any atom is 0.110 e. The first-order chi connectivity index (χ1) is 8.65. The third-order valence-corrected chi connectivity index (χ3v) is 4.11. The van der Waals surface area contributed by atoms with Crippen LogP contribution in [0, 0.1) is 0 Å². The van der Waals surface area contributed by atoms with E-state index in [2.05, 4.69) is 28.8 Å². The number of aromatic nitrogens is 2. The molecule has 1 aliphatic rings. The lowest BCUT2D eigenvalue weighted by Gasteiger charge is -2.33. The van der Waals surface area contributed by atoms with E-state index in [0.29, 0.717) is 6.04 Å². The Balaban J connectivity index is 2.20. The molecule has 1 N–H and O–H groups in total. The quantitative estimate of drug-likeness (QED) is 0.832. The van der Waals surface area contributed by atoms with E-state index >= 15 is 0 Å². The summed E-state index contributed by atoms with van der Waals surface area (Å²) in [6.07, 6.45) is 9.96. The Morgan fingerprint density at radius 3 is 2.94 bits per heavy atom. The lowest BCUT2D eigenvalue weighted by Crippen LogP contribution is -2.38. The fraction of sp³-hybridized carbons (Fsp3) is 0.714. The van der Waals surface area contributed by atoms with Crippen LogP contribution in [-0.2, 0) is 5.60 Å². The zero-order valence-electron chi connectivity index (χ0n) is 11.3. The van der Waals surface area contributed by atoms with Gasteiger partial charge in [0.25, 0.3) is 0 Å². The molecule has 4 heteroatoms. The monoisotopic (exact) mass is 249 g/mol. The van der Waals surface area contributed by atoms with Crippen LogP contribution in [0.1, 0.15) is 44.7 Å². The van der Waals surface area contributed by atoms with Crippen molar-refractivity contribution in [3.8, 4) is 0 Å². The van der Waals surface area contributed by atoms with Gasteiger partial charge in [0, 0.05) is 18.4 Å². The van der Waals surface area contributed by atoms with E-state index in [-0.39, 0.29) is 0 Å². The first-order valence-electron chi connectivity index (χ1n) is 6.85. The van der Waals surface area contributed by atoms with Crippen molar-refractivity contribution in [1.29, 1.82) is 0 Å². The van der Waals surface area contributed by atoms with E-state index in [0.717, 1.165) is 37.9 Å². The molecule has 1 saturated carbocycles. The second-order valence-electron chi connectivity index (χ2n) is 5.30. The van der Waals surface area contributed by atoms with Crippen molar-refractivity contribution >= 4 is 0 Å². The molecule has 0 amide bonds. The van der Waals surface area contributed by atoms with Gasteiger partial charge in [0.2, 0.25) is 0 Å². The Morgan fingerprint density at radius 2 is 2.28 bits per heavy atom. The number of hydrogen-bond donors (Lipinski definition) is 1. The summed E-state index contributed by atoms with van der Waals surface area (Å²) >= 11 is 0. The molecule has 0 bridgehead atoms. The highest BCUT2D eigenvalue weighted by Gasteiger charge is 2.36. The Bertz CT molecular complexity index is 371. The molecule has 1 heterocycles. The largest absolute Gasteiger partial charge is 0.383 e. The topological polar surface area (TPSA) is 49.2 Å². The molecule has 0 spiro atoms. The highest BCUT2D eigenvalue weighted by molar-refractivity contribution is 5.09. The number of rotatable bonds is 3. The van der Waals surface area contributed by atoms with E-state index in [1.54, 1.807) is 18.6 Å². The minimum atomic E-state index is -0.807. The van der Waals surface area contributed by atoms with Crippen LogP contribution >= 0.6 is 0 Å². The Labute approximate surface area is 109 Å². The highest BCUT2D eigenvalue weighted by atomic mass is 16.3. The molecule has 0 aliphatic heterocycles. The van der Waals surface area contributed by atoms with Crippen molar-refractivity contribution in [2.45, 2.75) is 50.7 Å². The van der Waals surface area contributed by atoms with Crippen molar-refractivity contribution in [2.24, 2.45) is 0 Å². The zero-order valence-corrected chi connectivity index (χ0v) is 11.3. The Morgan fingerprint density at radius 1 is 1.44 bits per heavy atom. The Hall–Kier alpha value is -1.00. The van der Waals surface area contributed by atoms with Gasteiger partial charge < -0.3 is 10.0 Å². The third kappa shape index (κ3) is 2.87. The van der Waals surface area contributed by atoms with Crippen LogP contribution in [0.15, 0.2) is 18.6 Å². The molecule has 2 rings (SSSR count). The summed E-state index contributed by atoms with van der Waals surface area (Å²) in [5, 5.41) is 10.9. The predicted octanol–water partition coefficient (Wildman–Crippen LogP) is 1.95. The molecule has 1 aromatic heterocycles. The second-order valence-corrected chi connectivity index (χ2v) is 5.30. The number of nitrogens with zero attached hydrogens (tertiary/aromatic N) is 3. The van der Waals surface area contributed by atoms with E-state index in [1.807, 2.05) is 0 Å². The summed E-state index contributed by atoms with van der Waals surface area (Å²) < 4.78 is 0. The van der Waals surface area contributed by atoms with Crippen LogP contribution in [0.5, 0.6) is 0 Å². The first kappa shape index (κ1) is 13.4. The SMILES string of the molecule is CCN(C)C1CCCCC(O)(c2cnccn2)C1. The lowest BCUT2D eigenvalue weighted by molar-refractivity contribution is -0.00308. The minimum Gasteiger partial charge on any atom is -0.383 e. The van der Waals surface area contributed by atoms with Gasteiger partial charge in [-0.05, 0) is 32.9 Å². The summed E-state index contributed by atoms with van der Waals surface area (Å²) in [5.74, 6) is 0. The average molecular weight is 249 g/mol. The molecular formula is C14H23N3O. The van der Waals surface area contributed by atoms with Gasteiger partial charge in [-0.3, -0.25) is 9.97 Å². The smallest absolute Gasteiger partial charge is 0.110 e. The van der Waals surface area contributed by atoms with Gasteiger partial charge in [0.15, 0.2) is 0 Å². The van der Waals surface area contributed by atoms with Crippen molar-refractivity contribution < 1.29 is 5.11 Å². The van der Waals surface area contributed by atoms with Gasteiger partial charge in [0.1, 0.15) is 5.60 Å². The van der Waals surface area contributed by atoms with Crippen LogP contribution in [0.25, 0.3) is 0 Å². The van der Waals surface area contributed by atoms with Gasteiger partial charge in [-0.15, -0.1) is 0 Å². The van der Waals surface area contributed by atoms with Gasteiger partial charge in [-0.1, -0.05) is 19.8 Å². The summed E-state index contributed by atoms with van der Waals surface area (Å²) in [6, 6.07) is 0.435. The summed E-state index contributed by atoms with van der Waals surface area (Å²) in [4.78, 5) is 10.7. The molecule has 1 aromatic rings. The molecular weight excluding hydrogens is 226 g/mol. The summed E-state index contributed by atoms with van der Waals surface area (Å²) in [6.45, 7) is 3.17. The standard InChI is InChI=1S/C14H23N3O/c1-3-17(2)12-6-4-5-7-14(18,10-12)13-11-15-8-9-16-13/h8-9,11-12,18H,3-7,10H2,1-2H3. The molecule has 4 nitrogen and oxygen atoms in total. The summed E-state index contributed by atoms with van der Waals surface area (Å²) in [7, 11) is 2.13. The molecule has 2 unspecified atom stereocenters. The van der Waals surface area contributed by atoms with Crippen molar-refractivity contribution in [2.75, 3.05) is 13.6 Å². The molecule has 2 atom stereocenters. The molecule has 1 aliphatic carbocycles. The van der Waals surface area contributed by atoms with Gasteiger partial charge in [-0.25, -0.2) is 0 Å². The molecule has 1 fully saturated rings. The van der Waals surface area contributed by atoms with E-state index in [9.17, 15) is 5.11 Å². The molecule has 0 radical (unpaired) electrons. The normalized spacial score (nSPS) is 29.2. The fourth-order valence-electron chi connectivity index (χ4n) is 2.80. The van der Waals surface area contributed by atoms with Gasteiger partial charge >= 0.3 is 0 Å². The van der Waals surface area contributed by atoms with E-state index in [4.69, 9.17) is 0 Å². The van der Waals surface area contributed by atoms with Gasteiger partial charge in [0.05, 0.1) is 11.9 Å². The molecule has 18 heavy (non-hydrogen) atoms. The number of hydrogen-bond acceptors (Lipinski definition) is 4. The summed E-state index contributed by atoms with van der Waals surface area (Å²) in [5.41, 5.74) is -0.0832. The van der Waals surface area contributed by atoms with Crippen molar-refractivity contribution in [1.82, 2.24) is 14.9 Å². The minimum absolute atomic E-state index is 0.435. The fourth-order valence-corrected chi connectivity index (χ4v) is 2.80. The molecule has 0 aromatic carbocycles. The van der Waals surface area contributed by atoms with Crippen LogP contribution < -0.4 is 0 Å². The van der Waals surface area contributed by atoms with Crippen LogP contribution in [0.3, 0.4) is 0 Å². The number of aliphatic hydroxyl groups is 1. The molecule has 100 valence electrons. The van der Waals surface area contributed by atoms with Crippen molar-refractivity contribution in [3.05, 3.63) is 24.3 Å². The van der Waals surface area contributed by atoms with Crippen LogP contribution in [-0.4, -0.2) is 39.6 Å². The highest BCUT2D eigenvalue weighted by Crippen LogP contribution is 2.36. The van der Waals surface area contributed by atoms with Crippen molar-refractivity contribution in [3.63, 3.8) is 0 Å². The van der Waals surface area contributed by atoms with E-state index in [1.165, 1.54) is 6.42 Å². The van der Waals surface area contributed by atoms with E-state index < -0.39 is 5.60 Å². The average Bonchev–Trinajstić information content (AvgIpc) is 2.62. The lowest BCUT2D eigenvalue weighted by atomic mass is 9.89. The zero-order chi connectivity index (χ0) is 13.0. The first-order valence-corrected chi connectivity index (χ1v) is 6.85. The van der Waals surface area contributed by atoms with Gasteiger partial charge in [-0.2, -0.15) is 0 Å². The van der Waals surface area contributed by atoms with Crippen LogP contribution in [0.4, 0.5) is 0 Å². The predicted molar refractivity (Wildman–Crippen MR) is 71.1 cm³/mol. The Kier molecular flexibility index (Phi) is 4.30. The maximum absolute atomic E-state index is 10.9.